The van der Waals surface area contributed by atoms with Gasteiger partial charge in [-0.1, -0.05) is 30.3 Å². The first-order valence-corrected chi connectivity index (χ1v) is 9.74. The number of aryl methyl sites for hydroxylation is 3. The molecule has 1 amide bonds. The zero-order valence-corrected chi connectivity index (χ0v) is 17.1. The fraction of sp³-hybridized carbons (Fsp3) is 0.160. The highest BCUT2D eigenvalue weighted by molar-refractivity contribution is 6.51. The highest BCUT2D eigenvalue weighted by Gasteiger charge is 2.47. The average molecular weight is 398 g/mol. The summed E-state index contributed by atoms with van der Waals surface area (Å²) in [5.74, 6) is -1.53. The molecule has 1 aliphatic heterocycles. The zero-order chi connectivity index (χ0) is 21.4. The molecule has 5 heteroatoms. The van der Waals surface area contributed by atoms with Crippen molar-refractivity contribution in [2.24, 2.45) is 0 Å². The van der Waals surface area contributed by atoms with E-state index in [0.29, 0.717) is 16.8 Å². The Morgan fingerprint density at radius 1 is 0.900 bits per heavy atom. The van der Waals surface area contributed by atoms with Gasteiger partial charge in [-0.3, -0.25) is 19.5 Å². The fourth-order valence-electron chi connectivity index (χ4n) is 3.82. The van der Waals surface area contributed by atoms with E-state index >= 15 is 0 Å². The van der Waals surface area contributed by atoms with Crippen molar-refractivity contribution in [1.82, 2.24) is 4.98 Å². The normalized spacial score (nSPS) is 18.1. The van der Waals surface area contributed by atoms with Crippen molar-refractivity contribution < 1.29 is 14.7 Å². The van der Waals surface area contributed by atoms with Crippen LogP contribution in [0.4, 0.5) is 5.69 Å². The van der Waals surface area contributed by atoms with Crippen LogP contribution >= 0.6 is 0 Å². The number of aromatic nitrogens is 1. The molecule has 1 atom stereocenters. The lowest BCUT2D eigenvalue weighted by molar-refractivity contribution is -0.132. The smallest absolute Gasteiger partial charge is 0.300 e. The largest absolute Gasteiger partial charge is 0.507 e. The van der Waals surface area contributed by atoms with Gasteiger partial charge in [0.1, 0.15) is 5.76 Å². The lowest BCUT2D eigenvalue weighted by Gasteiger charge is -2.26. The predicted octanol–water partition coefficient (Wildman–Crippen LogP) is 4.63. The third-order valence-corrected chi connectivity index (χ3v) is 5.62. The minimum Gasteiger partial charge on any atom is -0.507 e. The van der Waals surface area contributed by atoms with Crippen molar-refractivity contribution in [1.29, 1.82) is 0 Å². The van der Waals surface area contributed by atoms with E-state index in [1.807, 2.05) is 57.2 Å². The Morgan fingerprint density at radius 3 is 2.27 bits per heavy atom. The molecule has 1 saturated heterocycles. The van der Waals surface area contributed by atoms with Crippen LogP contribution in [0.3, 0.4) is 0 Å². The maximum absolute atomic E-state index is 13.1. The lowest BCUT2D eigenvalue weighted by atomic mass is 9.94. The van der Waals surface area contributed by atoms with Crippen LogP contribution in [0.5, 0.6) is 0 Å². The second kappa shape index (κ2) is 7.59. The molecular weight excluding hydrogens is 376 g/mol. The summed E-state index contributed by atoms with van der Waals surface area (Å²) in [5, 5.41) is 11.2. The molecule has 1 unspecified atom stereocenters. The predicted molar refractivity (Wildman–Crippen MR) is 116 cm³/mol. The Balaban J connectivity index is 1.97. The summed E-state index contributed by atoms with van der Waals surface area (Å²) in [6.07, 6.45) is 3.23. The number of nitrogens with zero attached hydrogens (tertiary/aromatic N) is 2. The van der Waals surface area contributed by atoms with Gasteiger partial charge < -0.3 is 5.11 Å². The fourth-order valence-corrected chi connectivity index (χ4v) is 3.82. The maximum atomic E-state index is 13.1. The number of carbonyl (C=O) groups is 2. The van der Waals surface area contributed by atoms with Crippen LogP contribution in [0, 0.1) is 20.8 Å². The van der Waals surface area contributed by atoms with Crippen LogP contribution in [0.15, 0.2) is 72.6 Å². The Labute approximate surface area is 175 Å². The molecule has 0 bridgehead atoms. The molecule has 1 fully saturated rings. The van der Waals surface area contributed by atoms with Gasteiger partial charge in [-0.2, -0.15) is 0 Å². The van der Waals surface area contributed by atoms with Gasteiger partial charge in [0.2, 0.25) is 0 Å². The van der Waals surface area contributed by atoms with Crippen molar-refractivity contribution in [3.63, 3.8) is 0 Å². The molecule has 1 aliphatic rings. The number of aliphatic hydroxyl groups is 1. The first-order chi connectivity index (χ1) is 14.4. The molecule has 5 nitrogen and oxygen atoms in total. The average Bonchev–Trinajstić information content (AvgIpc) is 3.01. The molecule has 3 aromatic rings. The number of benzene rings is 2. The molecule has 30 heavy (non-hydrogen) atoms. The van der Waals surface area contributed by atoms with Crippen LogP contribution in [-0.4, -0.2) is 21.8 Å². The number of ketones is 1. The van der Waals surface area contributed by atoms with E-state index in [0.717, 1.165) is 16.7 Å². The van der Waals surface area contributed by atoms with Crippen LogP contribution in [-0.2, 0) is 9.59 Å². The summed E-state index contributed by atoms with van der Waals surface area (Å²) in [7, 11) is 0. The molecule has 150 valence electrons. The molecule has 2 aromatic carbocycles. The maximum Gasteiger partial charge on any atom is 0.300 e. The van der Waals surface area contributed by atoms with Gasteiger partial charge in [0.25, 0.3) is 11.7 Å². The van der Waals surface area contributed by atoms with E-state index < -0.39 is 17.7 Å². The Bertz CT molecular complexity index is 1180. The Kier molecular flexibility index (Phi) is 4.96. The third kappa shape index (κ3) is 3.18. The highest BCUT2D eigenvalue weighted by Crippen LogP contribution is 2.42. The van der Waals surface area contributed by atoms with Gasteiger partial charge >= 0.3 is 0 Å². The summed E-state index contributed by atoms with van der Waals surface area (Å²) in [5.41, 5.74) is 4.88. The van der Waals surface area contributed by atoms with E-state index in [2.05, 4.69) is 4.98 Å². The summed E-state index contributed by atoms with van der Waals surface area (Å²) in [6, 6.07) is 15.7. The van der Waals surface area contributed by atoms with Gasteiger partial charge in [-0.05, 0) is 67.3 Å². The van der Waals surface area contributed by atoms with E-state index in [-0.39, 0.29) is 11.3 Å². The first kappa shape index (κ1) is 19.6. The van der Waals surface area contributed by atoms with Crippen molar-refractivity contribution in [3.05, 3.63) is 100 Å². The topological polar surface area (TPSA) is 70.5 Å². The first-order valence-electron chi connectivity index (χ1n) is 9.74. The molecule has 4 rings (SSSR count). The van der Waals surface area contributed by atoms with Crippen molar-refractivity contribution >= 4 is 23.1 Å². The number of hydrogen-bond donors (Lipinski definition) is 1. The molecule has 0 saturated carbocycles. The number of pyridine rings is 1. The Hall–Kier alpha value is -3.73. The zero-order valence-electron chi connectivity index (χ0n) is 17.1. The minimum absolute atomic E-state index is 0.0812. The second-order valence-electron chi connectivity index (χ2n) is 7.54. The van der Waals surface area contributed by atoms with Gasteiger partial charge in [0.05, 0.1) is 11.6 Å². The Morgan fingerprint density at radius 2 is 1.60 bits per heavy atom. The number of anilines is 1. The molecule has 1 aromatic heterocycles. The molecule has 2 heterocycles. The number of carbonyl (C=O) groups excluding carboxylic acids is 2. The quantitative estimate of drug-likeness (QED) is 0.397. The monoisotopic (exact) mass is 398 g/mol. The van der Waals surface area contributed by atoms with Crippen LogP contribution in [0.1, 0.15) is 33.9 Å². The third-order valence-electron chi connectivity index (χ3n) is 5.62. The number of rotatable bonds is 3. The summed E-state index contributed by atoms with van der Waals surface area (Å²) in [4.78, 5) is 31.8. The van der Waals surface area contributed by atoms with E-state index in [1.165, 1.54) is 4.90 Å². The number of para-hydroxylation sites is 1. The summed E-state index contributed by atoms with van der Waals surface area (Å²) in [6.45, 7) is 5.81. The number of hydrogen-bond acceptors (Lipinski definition) is 4. The van der Waals surface area contributed by atoms with E-state index in [9.17, 15) is 14.7 Å². The molecule has 0 aliphatic carbocycles. The minimum atomic E-state index is -0.740. The van der Waals surface area contributed by atoms with Gasteiger partial charge in [-0.15, -0.1) is 0 Å². The molecule has 1 N–H and O–H groups in total. The van der Waals surface area contributed by atoms with Crippen LogP contribution < -0.4 is 4.90 Å². The van der Waals surface area contributed by atoms with Crippen molar-refractivity contribution in [3.8, 4) is 0 Å². The van der Waals surface area contributed by atoms with Crippen molar-refractivity contribution in [2.75, 3.05) is 4.90 Å². The van der Waals surface area contributed by atoms with Gasteiger partial charge in [0, 0.05) is 23.6 Å². The van der Waals surface area contributed by atoms with Crippen molar-refractivity contribution in [2.45, 2.75) is 26.8 Å². The standard InChI is InChI=1S/C25H22N2O3/c1-15-8-9-19(14-17(15)3)23(28)21-22(18-10-12-26-13-11-18)27(25(30)24(21)29)20-7-5-4-6-16(20)2/h4-14,22,28H,1-3H3/b23-21-. The van der Waals surface area contributed by atoms with Gasteiger partial charge in [-0.25, -0.2) is 0 Å². The summed E-state index contributed by atoms with van der Waals surface area (Å²) < 4.78 is 0. The number of amides is 1. The molecule has 0 spiro atoms. The summed E-state index contributed by atoms with van der Waals surface area (Å²) >= 11 is 0. The number of aliphatic hydroxyl groups excluding tert-OH is 1. The number of Topliss-reactive ketones (excluding diaryl/α,β-unsaturated/α-hetero) is 1. The molecular formula is C25H22N2O3. The second-order valence-corrected chi connectivity index (χ2v) is 7.54. The van der Waals surface area contributed by atoms with Gasteiger partial charge in [0.15, 0.2) is 0 Å². The SMILES string of the molecule is Cc1ccc(/C(O)=C2/C(=O)C(=O)N(c3ccccc3C)C2c2ccncc2)cc1C. The van der Waals surface area contributed by atoms with Crippen LogP contribution in [0.25, 0.3) is 5.76 Å². The lowest BCUT2D eigenvalue weighted by Crippen LogP contribution is -2.30. The molecule has 0 radical (unpaired) electrons. The van der Waals surface area contributed by atoms with E-state index in [4.69, 9.17) is 0 Å². The highest BCUT2D eigenvalue weighted by atomic mass is 16.3. The van der Waals surface area contributed by atoms with Crippen LogP contribution in [0.2, 0.25) is 0 Å². The van der Waals surface area contributed by atoms with E-state index in [1.54, 1.807) is 30.6 Å².